The number of amides is 1. The fourth-order valence-corrected chi connectivity index (χ4v) is 7.14. The summed E-state index contributed by atoms with van der Waals surface area (Å²) in [7, 11) is 0. The fraction of sp³-hybridized carbons (Fsp3) is 0.545. The molecule has 0 radical (unpaired) electrons. The van der Waals surface area contributed by atoms with Crippen molar-refractivity contribution in [3.05, 3.63) is 37.9 Å². The molecule has 0 saturated heterocycles. The molecular formula is C22H25N3OS2. The topological polar surface area (TPSA) is 56.1 Å². The van der Waals surface area contributed by atoms with E-state index in [1.807, 2.05) is 11.3 Å². The van der Waals surface area contributed by atoms with Gasteiger partial charge in [-0.1, -0.05) is 6.92 Å². The fourth-order valence-electron chi connectivity index (χ4n) is 4.85. The molecule has 1 aliphatic heterocycles. The molecule has 6 heteroatoms. The molecule has 28 heavy (non-hydrogen) atoms. The number of carbonyl (C=O) groups excluding carboxylic acids is 1. The summed E-state index contributed by atoms with van der Waals surface area (Å²) in [4.78, 5) is 18.1. The molecule has 3 aliphatic rings. The Morgan fingerprint density at radius 2 is 2.18 bits per heavy atom. The molecule has 0 aromatic carbocycles. The maximum absolute atomic E-state index is 12.9. The Kier molecular flexibility index (Phi) is 4.78. The maximum Gasteiger partial charge on any atom is 0.239 e. The number of anilines is 1. The van der Waals surface area contributed by atoms with Gasteiger partial charge < -0.3 is 5.32 Å². The van der Waals surface area contributed by atoms with E-state index in [1.54, 1.807) is 11.3 Å². The summed E-state index contributed by atoms with van der Waals surface area (Å²) in [5.74, 6) is 1.38. The van der Waals surface area contributed by atoms with Crippen molar-refractivity contribution in [2.24, 2.45) is 11.8 Å². The quantitative estimate of drug-likeness (QED) is 0.790. The summed E-state index contributed by atoms with van der Waals surface area (Å²) in [5, 5.41) is 15.7. The minimum Gasteiger partial charge on any atom is -0.315 e. The van der Waals surface area contributed by atoms with E-state index in [1.165, 1.54) is 33.7 Å². The first kappa shape index (κ1) is 18.4. The lowest BCUT2D eigenvalue weighted by Gasteiger charge is -2.35. The number of carbonyl (C=O) groups is 1. The first-order chi connectivity index (χ1) is 13.6. The highest BCUT2D eigenvalue weighted by Crippen LogP contribution is 2.48. The smallest absolute Gasteiger partial charge is 0.239 e. The Labute approximate surface area is 174 Å². The second-order valence-corrected chi connectivity index (χ2v) is 10.6. The zero-order valence-corrected chi connectivity index (χ0v) is 17.8. The first-order valence-corrected chi connectivity index (χ1v) is 12.0. The summed E-state index contributed by atoms with van der Waals surface area (Å²) >= 11 is 3.48. The first-order valence-electron chi connectivity index (χ1n) is 10.3. The summed E-state index contributed by atoms with van der Waals surface area (Å²) < 4.78 is 0. The molecule has 0 spiro atoms. The molecule has 2 aliphatic carbocycles. The summed E-state index contributed by atoms with van der Waals surface area (Å²) in [6, 6.07) is 5.01. The Hall–Kier alpha value is -1.68. The van der Waals surface area contributed by atoms with Crippen molar-refractivity contribution in [1.82, 2.24) is 4.90 Å². The Morgan fingerprint density at radius 1 is 1.32 bits per heavy atom. The molecule has 1 amide bonds. The maximum atomic E-state index is 12.9. The van der Waals surface area contributed by atoms with Gasteiger partial charge in [-0.05, 0) is 72.9 Å². The van der Waals surface area contributed by atoms with Gasteiger partial charge in [0.1, 0.15) is 11.1 Å². The SMILES string of the molecule is C[C@@H]1CCc2c(sc(NC(=O)CN3CCc4sccc4[C@@H]3C3CC3)c2C#N)C1. The molecule has 1 saturated carbocycles. The molecule has 1 N–H and O–H groups in total. The molecule has 2 aromatic heterocycles. The van der Waals surface area contributed by atoms with Crippen LogP contribution in [-0.2, 0) is 24.1 Å². The van der Waals surface area contributed by atoms with Crippen molar-refractivity contribution >= 4 is 33.6 Å². The van der Waals surface area contributed by atoms with Crippen LogP contribution < -0.4 is 5.32 Å². The zero-order valence-electron chi connectivity index (χ0n) is 16.2. The van der Waals surface area contributed by atoms with Gasteiger partial charge in [-0.2, -0.15) is 5.26 Å². The van der Waals surface area contributed by atoms with Crippen LogP contribution in [0.3, 0.4) is 0 Å². The zero-order chi connectivity index (χ0) is 19.3. The lowest BCUT2D eigenvalue weighted by atomic mass is 9.89. The van der Waals surface area contributed by atoms with Crippen LogP contribution in [0.1, 0.15) is 58.7 Å². The van der Waals surface area contributed by atoms with Crippen LogP contribution in [0.4, 0.5) is 5.00 Å². The lowest BCUT2D eigenvalue weighted by molar-refractivity contribution is -0.118. The molecule has 4 nitrogen and oxygen atoms in total. The number of hydrogen-bond acceptors (Lipinski definition) is 5. The van der Waals surface area contributed by atoms with E-state index >= 15 is 0 Å². The van der Waals surface area contributed by atoms with Gasteiger partial charge in [0.2, 0.25) is 5.91 Å². The lowest BCUT2D eigenvalue weighted by Crippen LogP contribution is -2.41. The molecule has 1 fully saturated rings. The number of nitriles is 1. The van der Waals surface area contributed by atoms with E-state index in [0.717, 1.165) is 37.2 Å². The minimum absolute atomic E-state index is 0.0208. The number of thiophene rings is 2. The normalized spacial score (nSPS) is 24.3. The van der Waals surface area contributed by atoms with E-state index in [4.69, 9.17) is 0 Å². The molecule has 0 bridgehead atoms. The molecule has 146 valence electrons. The number of fused-ring (bicyclic) bond motifs is 2. The Morgan fingerprint density at radius 3 is 2.96 bits per heavy atom. The van der Waals surface area contributed by atoms with Gasteiger partial charge in [0.25, 0.3) is 0 Å². The van der Waals surface area contributed by atoms with Crippen LogP contribution >= 0.6 is 22.7 Å². The third kappa shape index (κ3) is 3.30. The minimum atomic E-state index is 0.0208. The number of rotatable bonds is 4. The molecule has 2 atom stereocenters. The molecule has 0 unspecified atom stereocenters. The summed E-state index contributed by atoms with van der Waals surface area (Å²) in [6.45, 7) is 3.63. The van der Waals surface area contributed by atoms with E-state index < -0.39 is 0 Å². The van der Waals surface area contributed by atoms with E-state index in [-0.39, 0.29) is 5.91 Å². The second-order valence-electron chi connectivity index (χ2n) is 8.52. The number of hydrogen-bond donors (Lipinski definition) is 1. The van der Waals surface area contributed by atoms with E-state index in [0.29, 0.717) is 30.0 Å². The molecule has 3 heterocycles. The predicted molar refractivity (Wildman–Crippen MR) is 114 cm³/mol. The van der Waals surface area contributed by atoms with Gasteiger partial charge in [-0.25, -0.2) is 0 Å². The van der Waals surface area contributed by atoms with Crippen LogP contribution in [-0.4, -0.2) is 23.9 Å². The second kappa shape index (κ2) is 7.29. The van der Waals surface area contributed by atoms with Crippen molar-refractivity contribution in [1.29, 1.82) is 5.26 Å². The van der Waals surface area contributed by atoms with Gasteiger partial charge in [0.05, 0.1) is 12.1 Å². The van der Waals surface area contributed by atoms with Gasteiger partial charge >= 0.3 is 0 Å². The van der Waals surface area contributed by atoms with Crippen molar-refractivity contribution in [3.8, 4) is 6.07 Å². The van der Waals surface area contributed by atoms with Crippen LogP contribution in [0, 0.1) is 23.2 Å². The van der Waals surface area contributed by atoms with Gasteiger partial charge in [-0.3, -0.25) is 9.69 Å². The van der Waals surface area contributed by atoms with Crippen molar-refractivity contribution in [2.45, 2.75) is 51.5 Å². The average Bonchev–Trinajstić information content (AvgIpc) is 3.29. The summed E-state index contributed by atoms with van der Waals surface area (Å²) in [6.07, 6.45) is 6.70. The average molecular weight is 412 g/mol. The van der Waals surface area contributed by atoms with Crippen LogP contribution in [0.15, 0.2) is 11.4 Å². The highest BCUT2D eigenvalue weighted by Gasteiger charge is 2.40. The Bertz CT molecular complexity index is 950. The van der Waals surface area contributed by atoms with Gasteiger partial charge in [0, 0.05) is 22.3 Å². The molecule has 2 aromatic rings. The number of nitrogens with zero attached hydrogens (tertiary/aromatic N) is 2. The highest BCUT2D eigenvalue weighted by molar-refractivity contribution is 7.16. The monoisotopic (exact) mass is 411 g/mol. The van der Waals surface area contributed by atoms with E-state index in [9.17, 15) is 10.1 Å². The molecular weight excluding hydrogens is 386 g/mol. The van der Waals surface area contributed by atoms with Crippen molar-refractivity contribution < 1.29 is 4.79 Å². The number of nitrogens with one attached hydrogen (secondary N) is 1. The van der Waals surface area contributed by atoms with Crippen molar-refractivity contribution in [2.75, 3.05) is 18.4 Å². The Balaban J connectivity index is 1.32. The van der Waals surface area contributed by atoms with Crippen LogP contribution in [0.5, 0.6) is 0 Å². The van der Waals surface area contributed by atoms with E-state index in [2.05, 4.69) is 34.7 Å². The largest absolute Gasteiger partial charge is 0.315 e. The standard InChI is InChI=1S/C22H25N3OS2/c1-13-2-5-15-17(11-23)22(28-19(15)10-13)24-20(26)12-25-8-6-18-16(7-9-27-18)21(25)14-3-4-14/h7,9,13-14,21H,2-6,8,10,12H2,1H3,(H,24,26)/t13-,21+/m1/s1. The molecule has 5 rings (SSSR count). The summed E-state index contributed by atoms with van der Waals surface area (Å²) in [5.41, 5.74) is 3.33. The predicted octanol–water partition coefficient (Wildman–Crippen LogP) is 4.75. The van der Waals surface area contributed by atoms with Crippen LogP contribution in [0.25, 0.3) is 0 Å². The van der Waals surface area contributed by atoms with Crippen molar-refractivity contribution in [3.63, 3.8) is 0 Å². The van der Waals surface area contributed by atoms with Crippen LogP contribution in [0.2, 0.25) is 0 Å². The third-order valence-corrected chi connectivity index (χ3v) is 8.58. The highest BCUT2D eigenvalue weighted by atomic mass is 32.1. The van der Waals surface area contributed by atoms with Gasteiger partial charge in [0.15, 0.2) is 0 Å². The third-order valence-electron chi connectivity index (χ3n) is 6.41. The van der Waals surface area contributed by atoms with Gasteiger partial charge in [-0.15, -0.1) is 22.7 Å².